The molecule has 0 bridgehead atoms. The molecule has 0 atom stereocenters. The molecule has 0 aliphatic rings. The first-order valence-electron chi connectivity index (χ1n) is 1.49. The molecule has 2 nitrogen and oxygen atoms in total. The molecule has 6 heavy (non-hydrogen) atoms. The first-order chi connectivity index (χ1) is 2.77. The maximum absolute atomic E-state index is 9.53. The SMILES string of the molecule is O=C(O)C[CH2][Cu]. The average Bonchev–Trinajstić information content (AvgIpc) is 1.35. The summed E-state index contributed by atoms with van der Waals surface area (Å²) in [7, 11) is 0. The van der Waals surface area contributed by atoms with Gasteiger partial charge in [0.05, 0.1) is 0 Å². The van der Waals surface area contributed by atoms with Crippen LogP contribution in [0.25, 0.3) is 0 Å². The third-order valence-corrected chi connectivity index (χ3v) is 0.525. The normalized spacial score (nSPS) is 8.33. The Bertz CT molecular complexity index is 52.8. The fourth-order valence-corrected chi connectivity index (χ4v) is 0.266. The van der Waals surface area contributed by atoms with Crippen molar-refractivity contribution in [2.75, 3.05) is 0 Å². The molecule has 0 heterocycles. The second-order valence-corrected chi connectivity index (χ2v) is 1.27. The number of carboxylic acid groups (broad SMARTS) is 1. The van der Waals surface area contributed by atoms with Gasteiger partial charge in [-0.15, -0.1) is 0 Å². The third kappa shape index (κ3) is 3.99. The zero-order valence-electron chi connectivity index (χ0n) is 3.07. The Labute approximate surface area is 44.4 Å². The van der Waals surface area contributed by atoms with E-state index in [0.717, 1.165) is 0 Å². The number of rotatable bonds is 2. The Morgan fingerprint density at radius 1 is 1.83 bits per heavy atom. The summed E-state index contributed by atoms with van der Waals surface area (Å²) >= 11 is 4.47. The van der Waals surface area contributed by atoms with Gasteiger partial charge in [0.15, 0.2) is 0 Å². The van der Waals surface area contributed by atoms with E-state index >= 15 is 0 Å². The second-order valence-electron chi connectivity index (χ2n) is 0.794. The van der Waals surface area contributed by atoms with Gasteiger partial charge in [-0.25, -0.2) is 0 Å². The molecule has 0 saturated heterocycles. The predicted octanol–water partition coefficient (Wildman–Crippen LogP) is 0.426. The van der Waals surface area contributed by atoms with Crippen LogP contribution in [-0.2, 0) is 20.8 Å². The molecule has 0 aliphatic carbocycles. The van der Waals surface area contributed by atoms with Gasteiger partial charge in [0.2, 0.25) is 0 Å². The van der Waals surface area contributed by atoms with E-state index in [2.05, 4.69) is 16.0 Å². The van der Waals surface area contributed by atoms with Crippen LogP contribution >= 0.6 is 0 Å². The van der Waals surface area contributed by atoms with Crippen LogP contribution in [0.2, 0.25) is 5.32 Å². The third-order valence-electron chi connectivity index (χ3n) is 0.289. The molecule has 0 aliphatic heterocycles. The van der Waals surface area contributed by atoms with Gasteiger partial charge in [-0.3, -0.25) is 0 Å². The molecule has 0 amide bonds. The summed E-state index contributed by atoms with van der Waals surface area (Å²) in [6.45, 7) is 0. The van der Waals surface area contributed by atoms with E-state index in [4.69, 9.17) is 5.11 Å². The van der Waals surface area contributed by atoms with E-state index < -0.39 is 5.97 Å². The summed E-state index contributed by atoms with van der Waals surface area (Å²) in [5.41, 5.74) is 0. The summed E-state index contributed by atoms with van der Waals surface area (Å²) in [6, 6.07) is 0. The first-order valence-corrected chi connectivity index (χ1v) is 2.16. The first kappa shape index (κ1) is 5.99. The van der Waals surface area contributed by atoms with E-state index in [1.54, 1.807) is 0 Å². The van der Waals surface area contributed by atoms with Crippen LogP contribution in [0.1, 0.15) is 6.42 Å². The van der Waals surface area contributed by atoms with Crippen LogP contribution < -0.4 is 0 Å². The summed E-state index contributed by atoms with van der Waals surface area (Å²) in [6.07, 6.45) is 0.0972. The molecule has 0 radical (unpaired) electrons. The minimum absolute atomic E-state index is 0.0972. The van der Waals surface area contributed by atoms with E-state index in [0.29, 0.717) is 5.32 Å². The summed E-state index contributed by atoms with van der Waals surface area (Å²) in [5, 5.41) is 8.14. The van der Waals surface area contributed by atoms with Crippen LogP contribution in [0.5, 0.6) is 0 Å². The van der Waals surface area contributed by atoms with E-state index in [1.807, 2.05) is 0 Å². The van der Waals surface area contributed by atoms with Gasteiger partial charge < -0.3 is 0 Å². The summed E-state index contributed by atoms with van der Waals surface area (Å²) < 4.78 is 0. The molecular formula is C3H5CuO2. The second kappa shape index (κ2) is 3.19. The Hall–Kier alpha value is -0.0105. The van der Waals surface area contributed by atoms with Gasteiger partial charge in [-0.2, -0.15) is 0 Å². The molecular weight excluding hydrogens is 132 g/mol. The number of aliphatic carboxylic acids is 1. The standard InChI is InChI=1S/C3H5O2.Cu/c1-2-3(4)5;/h1-2H2,(H,4,5);. The molecule has 1 N–H and O–H groups in total. The molecule has 0 aromatic carbocycles. The number of carboxylic acids is 1. The zero-order chi connectivity index (χ0) is 4.99. The van der Waals surface area contributed by atoms with Crippen molar-refractivity contribution >= 4 is 5.97 Å². The van der Waals surface area contributed by atoms with Crippen molar-refractivity contribution in [3.8, 4) is 0 Å². The molecule has 0 spiro atoms. The molecule has 0 unspecified atom stereocenters. The topological polar surface area (TPSA) is 37.3 Å². The molecule has 0 fully saturated rings. The Kier molecular flexibility index (Phi) is 3.18. The van der Waals surface area contributed by atoms with Crippen molar-refractivity contribution in [1.82, 2.24) is 0 Å². The number of carbonyl (C=O) groups is 1. The van der Waals surface area contributed by atoms with Gasteiger partial charge in [0, 0.05) is 0 Å². The average molecular weight is 137 g/mol. The molecule has 0 aromatic heterocycles. The van der Waals surface area contributed by atoms with Crippen molar-refractivity contribution in [3.63, 3.8) is 0 Å². The fraction of sp³-hybridized carbons (Fsp3) is 0.667. The van der Waals surface area contributed by atoms with Gasteiger partial charge in [0.1, 0.15) is 0 Å². The van der Waals surface area contributed by atoms with Crippen molar-refractivity contribution in [1.29, 1.82) is 0 Å². The monoisotopic (exact) mass is 136 g/mol. The van der Waals surface area contributed by atoms with Crippen molar-refractivity contribution in [2.24, 2.45) is 0 Å². The van der Waals surface area contributed by atoms with E-state index in [9.17, 15) is 4.79 Å². The van der Waals surface area contributed by atoms with Crippen molar-refractivity contribution in [3.05, 3.63) is 0 Å². The zero-order valence-corrected chi connectivity index (χ0v) is 4.01. The van der Waals surface area contributed by atoms with Gasteiger partial charge >= 0.3 is 43.6 Å². The van der Waals surface area contributed by atoms with Crippen LogP contribution in [0.4, 0.5) is 0 Å². The number of hydrogen-bond acceptors (Lipinski definition) is 1. The Morgan fingerprint density at radius 3 is 2.33 bits per heavy atom. The molecule has 0 aromatic rings. The molecule has 0 saturated carbocycles. The van der Waals surface area contributed by atoms with E-state index in [1.165, 1.54) is 0 Å². The van der Waals surface area contributed by atoms with Gasteiger partial charge in [-0.1, -0.05) is 0 Å². The fourth-order valence-electron chi connectivity index (χ4n) is 0.0645. The van der Waals surface area contributed by atoms with Gasteiger partial charge in [0.25, 0.3) is 0 Å². The van der Waals surface area contributed by atoms with Crippen LogP contribution in [-0.4, -0.2) is 11.1 Å². The maximum atomic E-state index is 9.53. The summed E-state index contributed by atoms with van der Waals surface area (Å²) in [4.78, 5) is 9.53. The Balaban J connectivity index is 2.83. The number of hydrogen-bond donors (Lipinski definition) is 1. The summed E-state index contributed by atoms with van der Waals surface area (Å²) in [5.74, 6) is -0.820. The van der Waals surface area contributed by atoms with Crippen molar-refractivity contribution < 1.29 is 25.9 Å². The van der Waals surface area contributed by atoms with Crippen LogP contribution in [0, 0.1) is 0 Å². The minimum atomic E-state index is -0.820. The molecule has 0 rings (SSSR count). The predicted molar refractivity (Wildman–Crippen MR) is 17.1 cm³/mol. The quantitative estimate of drug-likeness (QED) is 0.559. The Morgan fingerprint density at radius 2 is 2.33 bits per heavy atom. The molecule has 3 heteroatoms. The van der Waals surface area contributed by atoms with Gasteiger partial charge in [-0.05, 0) is 0 Å². The van der Waals surface area contributed by atoms with Crippen LogP contribution in [0.3, 0.4) is 0 Å². The van der Waals surface area contributed by atoms with Crippen molar-refractivity contribution in [2.45, 2.75) is 11.7 Å². The van der Waals surface area contributed by atoms with Crippen LogP contribution in [0.15, 0.2) is 0 Å². The van der Waals surface area contributed by atoms with E-state index in [-0.39, 0.29) is 6.42 Å². The molecule has 40 valence electrons.